The van der Waals surface area contributed by atoms with Crippen LogP contribution < -0.4 is 5.32 Å². The number of aliphatic carboxylic acids is 1. The van der Waals surface area contributed by atoms with Crippen LogP contribution in [0.4, 0.5) is 0 Å². The molecule has 7 nitrogen and oxygen atoms in total. The lowest BCUT2D eigenvalue weighted by Gasteiger charge is -2.17. The molecule has 0 radical (unpaired) electrons. The van der Waals surface area contributed by atoms with Crippen molar-refractivity contribution in [1.29, 1.82) is 0 Å². The lowest BCUT2D eigenvalue weighted by atomic mass is 9.94. The number of carboxylic acids is 1. The Bertz CT molecular complexity index is 1070. The molecule has 0 saturated carbocycles. The monoisotopic (exact) mass is 451 g/mol. The summed E-state index contributed by atoms with van der Waals surface area (Å²) in [4.78, 5) is 43.6. The molecule has 2 aromatic carbocycles. The number of carbonyl (C=O) groups excluding carboxylic acids is 2. The molecule has 3 rings (SSSR count). The lowest BCUT2D eigenvalue weighted by Crippen LogP contribution is -2.41. The predicted molar refractivity (Wildman–Crippen MR) is 125 cm³/mol. The zero-order valence-electron chi connectivity index (χ0n) is 17.7. The van der Waals surface area contributed by atoms with Crippen molar-refractivity contribution in [2.24, 2.45) is 0 Å². The number of Topliss-reactive ketones (excluding diaryl/α,β-unsaturated/α-hetero) is 1. The number of aromatic nitrogens is 2. The van der Waals surface area contributed by atoms with Gasteiger partial charge in [-0.15, -0.1) is 0 Å². The van der Waals surface area contributed by atoms with Crippen molar-refractivity contribution in [3.8, 4) is 11.1 Å². The van der Waals surface area contributed by atoms with Crippen molar-refractivity contribution in [2.45, 2.75) is 25.3 Å². The van der Waals surface area contributed by atoms with Crippen LogP contribution in [0.5, 0.6) is 0 Å². The zero-order valence-corrected chi connectivity index (χ0v) is 18.5. The summed E-state index contributed by atoms with van der Waals surface area (Å²) in [6.07, 6.45) is 6.07. The largest absolute Gasteiger partial charge is 0.480 e. The fourth-order valence-electron chi connectivity index (χ4n) is 3.33. The van der Waals surface area contributed by atoms with E-state index in [2.05, 4.69) is 15.3 Å². The van der Waals surface area contributed by atoms with Crippen LogP contribution in [-0.2, 0) is 11.2 Å². The van der Waals surface area contributed by atoms with E-state index in [1.54, 1.807) is 18.3 Å². The third kappa shape index (κ3) is 6.07. The van der Waals surface area contributed by atoms with Gasteiger partial charge in [0, 0.05) is 18.2 Å². The van der Waals surface area contributed by atoms with Crippen LogP contribution in [0.3, 0.4) is 0 Å². The third-order valence-electron chi connectivity index (χ3n) is 5.05. The molecule has 0 bridgehead atoms. The minimum atomic E-state index is -1.05. The van der Waals surface area contributed by atoms with E-state index in [0.717, 1.165) is 11.1 Å². The van der Waals surface area contributed by atoms with E-state index in [1.807, 2.05) is 42.7 Å². The van der Waals surface area contributed by atoms with Gasteiger partial charge in [-0.05, 0) is 47.6 Å². The molecule has 0 unspecified atom stereocenters. The second kappa shape index (κ2) is 11.3. The fourth-order valence-corrected chi connectivity index (χ4v) is 3.80. The lowest BCUT2D eigenvalue weighted by molar-refractivity contribution is -0.139. The number of ketones is 1. The highest BCUT2D eigenvalue weighted by Gasteiger charge is 2.22. The van der Waals surface area contributed by atoms with Crippen LogP contribution in [0.2, 0.25) is 0 Å². The first-order chi connectivity index (χ1) is 15.5. The van der Waals surface area contributed by atoms with E-state index in [0.29, 0.717) is 41.8 Å². The highest BCUT2D eigenvalue weighted by molar-refractivity contribution is 7.98. The van der Waals surface area contributed by atoms with Gasteiger partial charge in [-0.1, -0.05) is 42.5 Å². The Labute approximate surface area is 190 Å². The van der Waals surface area contributed by atoms with Gasteiger partial charge in [0.15, 0.2) is 5.78 Å². The van der Waals surface area contributed by atoms with E-state index in [9.17, 15) is 19.5 Å². The highest BCUT2D eigenvalue weighted by atomic mass is 32.2. The number of rotatable bonds is 11. The molecule has 3 aromatic rings. The molecule has 0 aliphatic carbocycles. The maximum Gasteiger partial charge on any atom is 0.326 e. The molecule has 166 valence electrons. The van der Waals surface area contributed by atoms with E-state index in [4.69, 9.17) is 0 Å². The van der Waals surface area contributed by atoms with Crippen molar-refractivity contribution in [2.75, 3.05) is 12.0 Å². The van der Waals surface area contributed by atoms with Gasteiger partial charge in [0.2, 0.25) is 0 Å². The molecule has 32 heavy (non-hydrogen) atoms. The predicted octanol–water partition coefficient (Wildman–Crippen LogP) is 3.83. The minimum absolute atomic E-state index is 0.0626. The number of hydrogen-bond donors (Lipinski definition) is 3. The summed E-state index contributed by atoms with van der Waals surface area (Å²) >= 11 is 1.53. The Hall–Kier alpha value is -3.39. The number of aryl methyl sites for hydroxylation is 1. The molecule has 1 aromatic heterocycles. The molecule has 0 saturated heterocycles. The third-order valence-corrected chi connectivity index (χ3v) is 5.70. The maximum absolute atomic E-state index is 13.0. The Kier molecular flexibility index (Phi) is 8.21. The maximum atomic E-state index is 13.0. The van der Waals surface area contributed by atoms with Gasteiger partial charge in [-0.25, -0.2) is 9.78 Å². The van der Waals surface area contributed by atoms with Gasteiger partial charge in [-0.3, -0.25) is 9.59 Å². The summed E-state index contributed by atoms with van der Waals surface area (Å²) in [5.74, 6) is -0.919. The molecule has 0 spiro atoms. The topological polar surface area (TPSA) is 112 Å². The SMILES string of the molecule is CSCC[C@H](NC(=O)c1ccc(CCC(=O)c2c[nH]cn2)cc1-c1ccccc1)C(=O)O. The molecule has 1 amide bonds. The number of carboxylic acid groups (broad SMARTS) is 1. The van der Waals surface area contributed by atoms with Gasteiger partial charge in [0.05, 0.1) is 6.33 Å². The van der Waals surface area contributed by atoms with Crippen molar-refractivity contribution < 1.29 is 19.5 Å². The summed E-state index contributed by atoms with van der Waals surface area (Å²) in [5, 5.41) is 12.1. The van der Waals surface area contributed by atoms with Crippen LogP contribution in [0.1, 0.15) is 39.3 Å². The number of hydrogen-bond acceptors (Lipinski definition) is 5. The summed E-state index contributed by atoms with van der Waals surface area (Å²) in [6.45, 7) is 0. The number of thioether (sulfide) groups is 1. The second-order valence-corrected chi connectivity index (χ2v) is 8.25. The van der Waals surface area contributed by atoms with Crippen molar-refractivity contribution in [1.82, 2.24) is 15.3 Å². The summed E-state index contributed by atoms with van der Waals surface area (Å²) in [7, 11) is 0. The number of amides is 1. The minimum Gasteiger partial charge on any atom is -0.480 e. The van der Waals surface area contributed by atoms with Crippen LogP contribution >= 0.6 is 11.8 Å². The molecular formula is C24H25N3O4S. The first-order valence-electron chi connectivity index (χ1n) is 10.2. The number of nitrogens with one attached hydrogen (secondary N) is 2. The Balaban J connectivity index is 1.84. The first-order valence-corrected chi connectivity index (χ1v) is 11.6. The van der Waals surface area contributed by atoms with Crippen molar-refractivity contribution in [3.05, 3.63) is 77.9 Å². The number of imidazole rings is 1. The summed E-state index contributed by atoms with van der Waals surface area (Å²) in [6, 6.07) is 13.9. The quantitative estimate of drug-likeness (QED) is 0.382. The number of benzene rings is 2. The molecule has 8 heteroatoms. The van der Waals surface area contributed by atoms with Crippen LogP contribution in [0.15, 0.2) is 61.1 Å². The molecule has 1 heterocycles. The average molecular weight is 452 g/mol. The van der Waals surface area contributed by atoms with Gasteiger partial charge in [0.25, 0.3) is 5.91 Å². The van der Waals surface area contributed by atoms with Gasteiger partial charge in [-0.2, -0.15) is 11.8 Å². The normalized spacial score (nSPS) is 11.7. The van der Waals surface area contributed by atoms with Crippen molar-refractivity contribution in [3.63, 3.8) is 0 Å². The molecule has 0 aliphatic rings. The highest BCUT2D eigenvalue weighted by Crippen LogP contribution is 2.26. The first kappa shape index (κ1) is 23.3. The summed E-state index contributed by atoms with van der Waals surface area (Å²) in [5.41, 5.74) is 3.24. The van der Waals surface area contributed by atoms with E-state index < -0.39 is 17.9 Å². The van der Waals surface area contributed by atoms with Gasteiger partial charge < -0.3 is 15.4 Å². The summed E-state index contributed by atoms with van der Waals surface area (Å²) < 4.78 is 0. The number of nitrogens with zero attached hydrogens (tertiary/aromatic N) is 1. The van der Waals surface area contributed by atoms with E-state index >= 15 is 0 Å². The van der Waals surface area contributed by atoms with Gasteiger partial charge >= 0.3 is 5.97 Å². The Morgan fingerprint density at radius 1 is 1.16 bits per heavy atom. The number of H-pyrrole nitrogens is 1. The van der Waals surface area contributed by atoms with Gasteiger partial charge in [0.1, 0.15) is 11.7 Å². The molecule has 1 atom stereocenters. The molecule has 0 aliphatic heterocycles. The Morgan fingerprint density at radius 2 is 1.94 bits per heavy atom. The molecule has 0 fully saturated rings. The van der Waals surface area contributed by atoms with Crippen LogP contribution in [0.25, 0.3) is 11.1 Å². The fraction of sp³-hybridized carbons (Fsp3) is 0.250. The molecule has 3 N–H and O–H groups in total. The van der Waals surface area contributed by atoms with E-state index in [-0.39, 0.29) is 5.78 Å². The Morgan fingerprint density at radius 3 is 2.59 bits per heavy atom. The smallest absolute Gasteiger partial charge is 0.326 e. The standard InChI is InChI=1S/C24H25N3O4S/c1-32-12-11-20(24(30)31)27-23(29)18-9-7-16(8-10-22(28)21-14-25-15-26-21)13-19(18)17-5-3-2-4-6-17/h2-7,9,13-15,20H,8,10-12H2,1H3,(H,25,26)(H,27,29)(H,30,31)/t20-/m0/s1. The van der Waals surface area contributed by atoms with Crippen LogP contribution in [-0.4, -0.2) is 50.8 Å². The average Bonchev–Trinajstić information content (AvgIpc) is 3.35. The molecular weight excluding hydrogens is 426 g/mol. The number of carbonyl (C=O) groups is 3. The second-order valence-electron chi connectivity index (χ2n) is 7.27. The van der Waals surface area contributed by atoms with Crippen LogP contribution in [0, 0.1) is 0 Å². The van der Waals surface area contributed by atoms with Crippen molar-refractivity contribution >= 4 is 29.4 Å². The van der Waals surface area contributed by atoms with E-state index in [1.165, 1.54) is 18.1 Å². The number of aromatic amines is 1. The zero-order chi connectivity index (χ0) is 22.9.